The van der Waals surface area contributed by atoms with Gasteiger partial charge >= 0.3 is 5.97 Å². The third kappa shape index (κ3) is 4.94. The first-order chi connectivity index (χ1) is 11.4. The van der Waals surface area contributed by atoms with Crippen molar-refractivity contribution in [2.24, 2.45) is 11.8 Å². The van der Waals surface area contributed by atoms with Crippen LogP contribution in [-0.4, -0.2) is 46.0 Å². The SMILES string of the molecule is CC(C)C[C@H](Nc1ccc(C(=O)N2CCC(C)CC2)cn1)C(=O)O. The summed E-state index contributed by atoms with van der Waals surface area (Å²) in [5, 5.41) is 12.2. The van der Waals surface area contributed by atoms with Crippen molar-refractivity contribution in [1.82, 2.24) is 9.88 Å². The van der Waals surface area contributed by atoms with E-state index in [9.17, 15) is 14.7 Å². The maximum Gasteiger partial charge on any atom is 0.326 e. The summed E-state index contributed by atoms with van der Waals surface area (Å²) >= 11 is 0. The number of likely N-dealkylation sites (tertiary alicyclic amines) is 1. The molecule has 1 saturated heterocycles. The third-order valence-electron chi connectivity index (χ3n) is 4.41. The first-order valence-electron chi connectivity index (χ1n) is 8.61. The topological polar surface area (TPSA) is 82.5 Å². The van der Waals surface area contributed by atoms with Crippen LogP contribution in [0.5, 0.6) is 0 Å². The molecule has 1 fully saturated rings. The monoisotopic (exact) mass is 333 g/mol. The number of anilines is 1. The lowest BCUT2D eigenvalue weighted by Crippen LogP contribution is -2.38. The Morgan fingerprint density at radius 3 is 2.50 bits per heavy atom. The van der Waals surface area contributed by atoms with Crippen LogP contribution in [0.25, 0.3) is 0 Å². The maximum atomic E-state index is 12.5. The number of amides is 1. The van der Waals surface area contributed by atoms with Gasteiger partial charge in [-0.2, -0.15) is 0 Å². The standard InChI is InChI=1S/C18H27N3O3/c1-12(2)10-15(18(23)24)20-16-5-4-14(11-19-16)17(22)21-8-6-13(3)7-9-21/h4-5,11-13,15H,6-10H2,1-3H3,(H,19,20)(H,23,24)/t15-/m0/s1. The van der Waals surface area contributed by atoms with Crippen molar-refractivity contribution < 1.29 is 14.7 Å². The predicted molar refractivity (Wildman–Crippen MR) is 93.0 cm³/mol. The largest absolute Gasteiger partial charge is 0.480 e. The second-order valence-corrected chi connectivity index (χ2v) is 7.07. The molecule has 6 nitrogen and oxygen atoms in total. The summed E-state index contributed by atoms with van der Waals surface area (Å²) in [6, 6.07) is 2.71. The van der Waals surface area contributed by atoms with E-state index < -0.39 is 12.0 Å². The highest BCUT2D eigenvalue weighted by Gasteiger charge is 2.22. The number of carbonyl (C=O) groups is 2. The number of aliphatic carboxylic acids is 1. The van der Waals surface area contributed by atoms with Gasteiger partial charge in [0, 0.05) is 19.3 Å². The number of nitrogens with zero attached hydrogens (tertiary/aromatic N) is 2. The van der Waals surface area contributed by atoms with Gasteiger partial charge < -0.3 is 15.3 Å². The van der Waals surface area contributed by atoms with Gasteiger partial charge in [0.1, 0.15) is 11.9 Å². The first-order valence-corrected chi connectivity index (χ1v) is 8.61. The second kappa shape index (κ2) is 8.13. The van der Waals surface area contributed by atoms with E-state index in [1.54, 1.807) is 12.1 Å². The van der Waals surface area contributed by atoms with Gasteiger partial charge in [-0.05, 0) is 43.2 Å². The van der Waals surface area contributed by atoms with Crippen LogP contribution in [0.4, 0.5) is 5.82 Å². The van der Waals surface area contributed by atoms with Crippen molar-refractivity contribution in [3.05, 3.63) is 23.9 Å². The number of aromatic nitrogens is 1. The zero-order valence-corrected chi connectivity index (χ0v) is 14.7. The van der Waals surface area contributed by atoms with Crippen molar-refractivity contribution in [2.45, 2.75) is 46.1 Å². The Kier molecular flexibility index (Phi) is 6.17. The lowest BCUT2D eigenvalue weighted by Gasteiger charge is -2.30. The maximum absolute atomic E-state index is 12.5. The number of hydrogen-bond acceptors (Lipinski definition) is 4. The predicted octanol–water partition coefficient (Wildman–Crippen LogP) is 2.86. The average molecular weight is 333 g/mol. The number of carboxylic acids is 1. The van der Waals surface area contributed by atoms with Gasteiger partial charge in [0.05, 0.1) is 5.56 Å². The molecule has 0 saturated carbocycles. The zero-order chi connectivity index (χ0) is 17.7. The Morgan fingerprint density at radius 2 is 2.00 bits per heavy atom. The number of carbonyl (C=O) groups excluding carboxylic acids is 1. The Hall–Kier alpha value is -2.11. The minimum absolute atomic E-state index is 0.00193. The molecular formula is C18H27N3O3. The molecule has 6 heteroatoms. The molecule has 0 spiro atoms. The van der Waals surface area contributed by atoms with Crippen molar-refractivity contribution in [2.75, 3.05) is 18.4 Å². The first kappa shape index (κ1) is 18.2. The highest BCUT2D eigenvalue weighted by molar-refractivity contribution is 5.94. The number of piperidine rings is 1. The number of nitrogens with one attached hydrogen (secondary N) is 1. The Morgan fingerprint density at radius 1 is 1.33 bits per heavy atom. The van der Waals surface area contributed by atoms with Gasteiger partial charge in [-0.25, -0.2) is 9.78 Å². The van der Waals surface area contributed by atoms with Crippen molar-refractivity contribution in [3.63, 3.8) is 0 Å². The molecule has 2 heterocycles. The normalized spacial score (nSPS) is 16.9. The van der Waals surface area contributed by atoms with Crippen LogP contribution in [0.3, 0.4) is 0 Å². The van der Waals surface area contributed by atoms with E-state index in [1.165, 1.54) is 6.20 Å². The molecule has 0 radical (unpaired) electrons. The van der Waals surface area contributed by atoms with Crippen molar-refractivity contribution in [1.29, 1.82) is 0 Å². The van der Waals surface area contributed by atoms with E-state index in [1.807, 2.05) is 18.7 Å². The molecule has 1 aliphatic rings. The highest BCUT2D eigenvalue weighted by Crippen LogP contribution is 2.19. The van der Waals surface area contributed by atoms with Gasteiger partial charge in [-0.1, -0.05) is 20.8 Å². The Labute approximate surface area is 143 Å². The van der Waals surface area contributed by atoms with E-state index >= 15 is 0 Å². The minimum atomic E-state index is -0.895. The highest BCUT2D eigenvalue weighted by atomic mass is 16.4. The summed E-state index contributed by atoms with van der Waals surface area (Å²) < 4.78 is 0. The van der Waals surface area contributed by atoms with E-state index in [2.05, 4.69) is 17.2 Å². The van der Waals surface area contributed by atoms with E-state index in [4.69, 9.17) is 0 Å². The van der Waals surface area contributed by atoms with Crippen LogP contribution < -0.4 is 5.32 Å². The average Bonchev–Trinajstić information content (AvgIpc) is 2.54. The van der Waals surface area contributed by atoms with Gasteiger partial charge in [0.2, 0.25) is 0 Å². The van der Waals surface area contributed by atoms with Gasteiger partial charge in [-0.15, -0.1) is 0 Å². The fourth-order valence-corrected chi connectivity index (χ4v) is 2.87. The van der Waals surface area contributed by atoms with E-state index in [0.717, 1.165) is 25.9 Å². The number of pyridine rings is 1. The summed E-state index contributed by atoms with van der Waals surface area (Å²) in [5.74, 6) is 0.520. The van der Waals surface area contributed by atoms with Crippen LogP contribution >= 0.6 is 0 Å². The van der Waals surface area contributed by atoms with Crippen LogP contribution in [0, 0.1) is 11.8 Å². The molecule has 1 aromatic heterocycles. The number of carboxylic acid groups (broad SMARTS) is 1. The Balaban J connectivity index is 1.99. The smallest absolute Gasteiger partial charge is 0.326 e. The molecule has 1 aliphatic heterocycles. The molecule has 0 bridgehead atoms. The van der Waals surface area contributed by atoms with Crippen LogP contribution in [-0.2, 0) is 4.79 Å². The quantitative estimate of drug-likeness (QED) is 0.836. The Bertz CT molecular complexity index is 563. The second-order valence-electron chi connectivity index (χ2n) is 7.07. The molecule has 2 rings (SSSR count). The fourth-order valence-electron chi connectivity index (χ4n) is 2.87. The molecule has 0 unspecified atom stereocenters. The number of hydrogen-bond donors (Lipinski definition) is 2. The molecule has 24 heavy (non-hydrogen) atoms. The van der Waals surface area contributed by atoms with Gasteiger partial charge in [0.25, 0.3) is 5.91 Å². The fraction of sp³-hybridized carbons (Fsp3) is 0.611. The van der Waals surface area contributed by atoms with E-state index in [0.29, 0.717) is 23.7 Å². The third-order valence-corrected chi connectivity index (χ3v) is 4.41. The zero-order valence-electron chi connectivity index (χ0n) is 14.7. The number of rotatable bonds is 6. The van der Waals surface area contributed by atoms with Crippen LogP contribution in [0.2, 0.25) is 0 Å². The summed E-state index contributed by atoms with van der Waals surface area (Å²) in [4.78, 5) is 29.8. The van der Waals surface area contributed by atoms with Gasteiger partial charge in [0.15, 0.2) is 0 Å². The molecule has 1 atom stereocenters. The van der Waals surface area contributed by atoms with E-state index in [-0.39, 0.29) is 11.8 Å². The van der Waals surface area contributed by atoms with Crippen molar-refractivity contribution >= 4 is 17.7 Å². The lowest BCUT2D eigenvalue weighted by molar-refractivity contribution is -0.138. The molecule has 0 aromatic carbocycles. The van der Waals surface area contributed by atoms with Gasteiger partial charge in [-0.3, -0.25) is 4.79 Å². The molecule has 0 aliphatic carbocycles. The molecule has 1 aromatic rings. The summed E-state index contributed by atoms with van der Waals surface area (Å²) in [7, 11) is 0. The summed E-state index contributed by atoms with van der Waals surface area (Å²) in [6.07, 6.45) is 4.11. The summed E-state index contributed by atoms with van der Waals surface area (Å²) in [6.45, 7) is 7.74. The molecule has 132 valence electrons. The summed E-state index contributed by atoms with van der Waals surface area (Å²) in [5.41, 5.74) is 0.547. The lowest BCUT2D eigenvalue weighted by atomic mass is 9.99. The molecule has 2 N–H and O–H groups in total. The molecular weight excluding hydrogens is 306 g/mol. The molecule has 1 amide bonds. The van der Waals surface area contributed by atoms with Crippen molar-refractivity contribution in [3.8, 4) is 0 Å². The van der Waals surface area contributed by atoms with Crippen LogP contribution in [0.15, 0.2) is 18.3 Å². The van der Waals surface area contributed by atoms with Crippen LogP contribution in [0.1, 0.15) is 50.4 Å². The minimum Gasteiger partial charge on any atom is -0.480 e.